The molecule has 0 unspecified atom stereocenters. The Morgan fingerprint density at radius 3 is 2.38 bits per heavy atom. The minimum Gasteiger partial charge on any atom is -0.478 e. The zero-order valence-corrected chi connectivity index (χ0v) is 18.5. The van der Waals surface area contributed by atoms with Crippen LogP contribution in [0.4, 0.5) is 0 Å². The molecule has 156 valence electrons. The first-order valence-corrected chi connectivity index (χ1v) is 11.3. The van der Waals surface area contributed by atoms with Gasteiger partial charge in [0, 0.05) is 37.3 Å². The van der Waals surface area contributed by atoms with Gasteiger partial charge in [-0.05, 0) is 31.2 Å². The molecular formula is C18H18Cl3N3O4S. The number of sulfonamides is 1. The van der Waals surface area contributed by atoms with Crippen LogP contribution in [0.25, 0.3) is 0 Å². The Kier molecular flexibility index (Phi) is 6.90. The SMILES string of the molecule is CCOc1ccc(Cl)c(C(=O)N2CCN(S(=O)(=O)c3cc(Cl)ccc3Cl)CC2)n1. The van der Waals surface area contributed by atoms with Crippen LogP contribution >= 0.6 is 34.8 Å². The van der Waals surface area contributed by atoms with E-state index in [-0.39, 0.29) is 57.7 Å². The second-order valence-electron chi connectivity index (χ2n) is 6.18. The van der Waals surface area contributed by atoms with Gasteiger partial charge >= 0.3 is 0 Å². The Morgan fingerprint density at radius 2 is 1.72 bits per heavy atom. The average Bonchev–Trinajstić information content (AvgIpc) is 2.71. The van der Waals surface area contributed by atoms with Crippen molar-refractivity contribution < 1.29 is 17.9 Å². The summed E-state index contributed by atoms with van der Waals surface area (Å²) in [5, 5.41) is 0.576. The molecule has 1 aliphatic rings. The second-order valence-corrected chi connectivity index (χ2v) is 9.34. The largest absolute Gasteiger partial charge is 0.478 e. The molecular weight excluding hydrogens is 461 g/mol. The highest BCUT2D eigenvalue weighted by Gasteiger charge is 2.32. The zero-order valence-electron chi connectivity index (χ0n) is 15.4. The number of carbonyl (C=O) groups excluding carboxylic acids is 1. The number of hydrogen-bond donors (Lipinski definition) is 0. The maximum absolute atomic E-state index is 12.9. The molecule has 0 spiro atoms. The second kappa shape index (κ2) is 9.06. The number of benzene rings is 1. The van der Waals surface area contributed by atoms with Crippen LogP contribution in [0, 0.1) is 0 Å². The number of nitrogens with zero attached hydrogens (tertiary/aromatic N) is 3. The van der Waals surface area contributed by atoms with Crippen molar-refractivity contribution in [2.24, 2.45) is 0 Å². The summed E-state index contributed by atoms with van der Waals surface area (Å²) in [5.74, 6) is -0.0774. The summed E-state index contributed by atoms with van der Waals surface area (Å²) in [5.41, 5.74) is 0.0757. The Morgan fingerprint density at radius 1 is 1.07 bits per heavy atom. The third kappa shape index (κ3) is 4.78. The van der Waals surface area contributed by atoms with E-state index >= 15 is 0 Å². The van der Waals surface area contributed by atoms with Crippen molar-refractivity contribution in [3.63, 3.8) is 0 Å². The number of piperazine rings is 1. The first-order chi connectivity index (χ1) is 13.7. The lowest BCUT2D eigenvalue weighted by Crippen LogP contribution is -2.50. The van der Waals surface area contributed by atoms with Crippen molar-refractivity contribution in [1.82, 2.24) is 14.2 Å². The summed E-state index contributed by atoms with van der Waals surface area (Å²) in [6, 6.07) is 7.42. The van der Waals surface area contributed by atoms with Gasteiger partial charge in [-0.25, -0.2) is 13.4 Å². The van der Waals surface area contributed by atoms with E-state index in [2.05, 4.69) is 4.98 Å². The molecule has 1 aromatic carbocycles. The number of aromatic nitrogens is 1. The number of carbonyl (C=O) groups is 1. The van der Waals surface area contributed by atoms with Gasteiger partial charge in [-0.2, -0.15) is 4.31 Å². The Labute approximate surface area is 184 Å². The fraction of sp³-hybridized carbons (Fsp3) is 0.333. The summed E-state index contributed by atoms with van der Waals surface area (Å²) in [6.45, 7) is 2.81. The highest BCUT2D eigenvalue weighted by Crippen LogP contribution is 2.28. The Hall–Kier alpha value is -1.58. The maximum atomic E-state index is 12.9. The fourth-order valence-corrected chi connectivity index (χ4v) is 5.24. The van der Waals surface area contributed by atoms with E-state index in [0.717, 1.165) is 0 Å². The lowest BCUT2D eigenvalue weighted by molar-refractivity contribution is 0.0691. The van der Waals surface area contributed by atoms with Gasteiger partial charge < -0.3 is 9.64 Å². The monoisotopic (exact) mass is 477 g/mol. The van der Waals surface area contributed by atoms with Crippen LogP contribution in [-0.4, -0.2) is 61.3 Å². The van der Waals surface area contributed by atoms with E-state index in [4.69, 9.17) is 39.5 Å². The van der Waals surface area contributed by atoms with Gasteiger partial charge in [0.2, 0.25) is 15.9 Å². The normalized spacial score (nSPS) is 15.4. The van der Waals surface area contributed by atoms with Crippen molar-refractivity contribution in [2.45, 2.75) is 11.8 Å². The van der Waals surface area contributed by atoms with E-state index in [9.17, 15) is 13.2 Å². The number of amides is 1. The molecule has 1 aromatic heterocycles. The highest BCUT2D eigenvalue weighted by molar-refractivity contribution is 7.89. The predicted molar refractivity (Wildman–Crippen MR) is 112 cm³/mol. The van der Waals surface area contributed by atoms with Gasteiger partial charge in [0.1, 0.15) is 4.90 Å². The lowest BCUT2D eigenvalue weighted by Gasteiger charge is -2.34. The number of rotatable bonds is 5. The number of hydrogen-bond acceptors (Lipinski definition) is 5. The third-order valence-electron chi connectivity index (χ3n) is 4.35. The van der Waals surface area contributed by atoms with Crippen molar-refractivity contribution in [1.29, 1.82) is 0 Å². The first-order valence-electron chi connectivity index (χ1n) is 8.78. The molecule has 11 heteroatoms. The van der Waals surface area contributed by atoms with Crippen LogP contribution in [0.5, 0.6) is 5.88 Å². The minimum absolute atomic E-state index is 0.0550. The van der Waals surface area contributed by atoms with E-state index in [1.54, 1.807) is 12.1 Å². The average molecular weight is 479 g/mol. The van der Waals surface area contributed by atoms with Crippen molar-refractivity contribution >= 4 is 50.7 Å². The number of ether oxygens (including phenoxy) is 1. The summed E-state index contributed by atoms with van der Waals surface area (Å²) in [7, 11) is -3.83. The summed E-state index contributed by atoms with van der Waals surface area (Å²) >= 11 is 18.1. The molecule has 0 bridgehead atoms. The molecule has 1 aliphatic heterocycles. The Bertz CT molecular complexity index is 1030. The molecule has 1 amide bonds. The molecule has 1 fully saturated rings. The Balaban J connectivity index is 1.74. The van der Waals surface area contributed by atoms with Crippen LogP contribution < -0.4 is 4.74 Å². The van der Waals surface area contributed by atoms with Crippen molar-refractivity contribution in [3.05, 3.63) is 51.1 Å². The summed E-state index contributed by atoms with van der Waals surface area (Å²) in [4.78, 5) is 18.4. The van der Waals surface area contributed by atoms with Crippen molar-refractivity contribution in [2.75, 3.05) is 32.8 Å². The quantitative estimate of drug-likeness (QED) is 0.656. The zero-order chi connectivity index (χ0) is 21.2. The highest BCUT2D eigenvalue weighted by atomic mass is 35.5. The fourth-order valence-electron chi connectivity index (χ4n) is 2.90. The van der Waals surface area contributed by atoms with Crippen LogP contribution in [-0.2, 0) is 10.0 Å². The topological polar surface area (TPSA) is 79.8 Å². The molecule has 0 N–H and O–H groups in total. The van der Waals surface area contributed by atoms with Crippen LogP contribution in [0.1, 0.15) is 17.4 Å². The minimum atomic E-state index is -3.83. The van der Waals surface area contributed by atoms with Gasteiger partial charge in [0.15, 0.2) is 5.69 Å². The lowest BCUT2D eigenvalue weighted by atomic mass is 10.2. The predicted octanol–water partition coefficient (Wildman–Crippen LogP) is 3.59. The van der Waals surface area contributed by atoms with Crippen molar-refractivity contribution in [3.8, 4) is 5.88 Å². The molecule has 0 atom stereocenters. The molecule has 1 saturated heterocycles. The smallest absolute Gasteiger partial charge is 0.274 e. The van der Waals surface area contributed by atoms with Crippen LogP contribution in [0.15, 0.2) is 35.2 Å². The molecule has 0 aliphatic carbocycles. The maximum Gasteiger partial charge on any atom is 0.274 e. The van der Waals surface area contributed by atoms with Gasteiger partial charge in [0.05, 0.1) is 16.7 Å². The van der Waals surface area contributed by atoms with E-state index in [1.165, 1.54) is 27.4 Å². The molecule has 0 saturated carbocycles. The molecule has 7 nitrogen and oxygen atoms in total. The van der Waals surface area contributed by atoms with E-state index in [0.29, 0.717) is 12.5 Å². The molecule has 0 radical (unpaired) electrons. The summed E-state index contributed by atoms with van der Waals surface area (Å²) < 4.78 is 32.4. The van der Waals surface area contributed by atoms with Crippen LogP contribution in [0.2, 0.25) is 15.1 Å². The van der Waals surface area contributed by atoms with Gasteiger partial charge in [-0.1, -0.05) is 34.8 Å². The van der Waals surface area contributed by atoms with Gasteiger partial charge in [0.25, 0.3) is 5.91 Å². The molecule has 2 heterocycles. The number of halogens is 3. The summed E-state index contributed by atoms with van der Waals surface area (Å²) in [6.07, 6.45) is 0. The standard InChI is InChI=1S/C18H18Cl3N3O4S/c1-2-28-16-6-5-14(21)17(22-16)18(25)23-7-9-24(10-8-23)29(26,27)15-11-12(19)3-4-13(15)20/h3-6,11H,2,7-10H2,1H3. The van der Waals surface area contributed by atoms with Crippen LogP contribution in [0.3, 0.4) is 0 Å². The van der Waals surface area contributed by atoms with Gasteiger partial charge in [-0.15, -0.1) is 0 Å². The molecule has 2 aromatic rings. The first kappa shape index (κ1) is 22.1. The van der Waals surface area contributed by atoms with E-state index < -0.39 is 10.0 Å². The number of pyridine rings is 1. The van der Waals surface area contributed by atoms with Gasteiger partial charge in [-0.3, -0.25) is 4.79 Å². The molecule has 3 rings (SSSR count). The molecule has 29 heavy (non-hydrogen) atoms. The third-order valence-corrected chi connectivity index (χ3v) is 7.27. The van der Waals surface area contributed by atoms with E-state index in [1.807, 2.05) is 6.92 Å².